The van der Waals surface area contributed by atoms with E-state index in [-0.39, 0.29) is 23.5 Å². The molecule has 5 heteroatoms. The summed E-state index contributed by atoms with van der Waals surface area (Å²) in [6.07, 6.45) is 0.537. The summed E-state index contributed by atoms with van der Waals surface area (Å²) < 4.78 is 22.9. The van der Waals surface area contributed by atoms with E-state index in [0.29, 0.717) is 12.0 Å². The monoisotopic (exact) mass is 281 g/mol. The number of aryl methyl sites for hydroxylation is 2. The lowest BCUT2D eigenvalue weighted by Gasteiger charge is -2.23. The van der Waals surface area contributed by atoms with Crippen molar-refractivity contribution in [1.82, 2.24) is 4.90 Å². The molecule has 19 heavy (non-hydrogen) atoms. The molecule has 0 unspecified atom stereocenters. The summed E-state index contributed by atoms with van der Waals surface area (Å²) in [5.74, 6) is 0.160. The van der Waals surface area contributed by atoms with Crippen molar-refractivity contribution < 1.29 is 13.2 Å². The van der Waals surface area contributed by atoms with Gasteiger partial charge >= 0.3 is 0 Å². The highest BCUT2D eigenvalue weighted by atomic mass is 32.2. The van der Waals surface area contributed by atoms with Crippen LogP contribution in [0.25, 0.3) is 0 Å². The molecule has 0 aliphatic carbocycles. The van der Waals surface area contributed by atoms with E-state index in [4.69, 9.17) is 0 Å². The molecule has 1 aliphatic rings. The highest BCUT2D eigenvalue weighted by Gasteiger charge is 2.33. The minimum Gasteiger partial charge on any atom is -0.338 e. The number of rotatable bonds is 2. The zero-order valence-electron chi connectivity index (χ0n) is 11.5. The smallest absolute Gasteiger partial charge is 0.253 e. The Bertz CT molecular complexity index is 607. The highest BCUT2D eigenvalue weighted by Crippen LogP contribution is 2.19. The van der Waals surface area contributed by atoms with Gasteiger partial charge in [0.1, 0.15) is 0 Å². The van der Waals surface area contributed by atoms with Crippen LogP contribution in [0.5, 0.6) is 0 Å². The van der Waals surface area contributed by atoms with Crippen LogP contribution < -0.4 is 0 Å². The standard InChI is InChI=1S/C14H19NO3S/c1-10-4-5-12(8-11(10)2)14(16)15(3)13-6-7-19(17,18)9-13/h4-5,8,13H,6-7,9H2,1-3H3/t13-/m0/s1. The number of nitrogens with zero attached hydrogens (tertiary/aromatic N) is 1. The Labute approximate surface area is 114 Å². The van der Waals surface area contributed by atoms with Gasteiger partial charge in [0.15, 0.2) is 9.84 Å². The van der Waals surface area contributed by atoms with Gasteiger partial charge in [-0.25, -0.2) is 8.42 Å². The van der Waals surface area contributed by atoms with Crippen molar-refractivity contribution in [1.29, 1.82) is 0 Å². The summed E-state index contributed by atoms with van der Waals surface area (Å²) in [5, 5.41) is 0. The van der Waals surface area contributed by atoms with E-state index in [0.717, 1.165) is 11.1 Å². The summed E-state index contributed by atoms with van der Waals surface area (Å²) in [4.78, 5) is 13.9. The topological polar surface area (TPSA) is 54.5 Å². The van der Waals surface area contributed by atoms with E-state index in [1.54, 1.807) is 18.0 Å². The van der Waals surface area contributed by atoms with Crippen molar-refractivity contribution in [2.24, 2.45) is 0 Å². The Morgan fingerprint density at radius 2 is 1.95 bits per heavy atom. The molecule has 1 aromatic rings. The molecule has 4 nitrogen and oxygen atoms in total. The summed E-state index contributed by atoms with van der Waals surface area (Å²) >= 11 is 0. The van der Waals surface area contributed by atoms with Crippen LogP contribution in [0.2, 0.25) is 0 Å². The van der Waals surface area contributed by atoms with E-state index in [9.17, 15) is 13.2 Å². The predicted molar refractivity (Wildman–Crippen MR) is 75.1 cm³/mol. The molecule has 1 atom stereocenters. The van der Waals surface area contributed by atoms with Crippen molar-refractivity contribution in [3.8, 4) is 0 Å². The molecule has 1 fully saturated rings. The second-order valence-corrected chi connectivity index (χ2v) is 7.50. The van der Waals surface area contributed by atoms with Crippen molar-refractivity contribution in [3.63, 3.8) is 0 Å². The van der Waals surface area contributed by atoms with Crippen LogP contribution in [-0.4, -0.2) is 43.8 Å². The van der Waals surface area contributed by atoms with Crippen LogP contribution >= 0.6 is 0 Å². The maximum atomic E-state index is 12.3. The SMILES string of the molecule is Cc1ccc(C(=O)N(C)[C@H]2CCS(=O)(=O)C2)cc1C. The van der Waals surface area contributed by atoms with Gasteiger partial charge in [0.2, 0.25) is 0 Å². The van der Waals surface area contributed by atoms with Crippen LogP contribution in [0.15, 0.2) is 18.2 Å². The normalized spacial score (nSPS) is 21.3. The molecular weight excluding hydrogens is 262 g/mol. The summed E-state index contributed by atoms with van der Waals surface area (Å²) in [5.41, 5.74) is 2.83. The zero-order valence-corrected chi connectivity index (χ0v) is 12.3. The average Bonchev–Trinajstić information content (AvgIpc) is 2.71. The summed E-state index contributed by atoms with van der Waals surface area (Å²) in [7, 11) is -1.28. The summed E-state index contributed by atoms with van der Waals surface area (Å²) in [6.45, 7) is 3.96. The van der Waals surface area contributed by atoms with Crippen LogP contribution in [0, 0.1) is 13.8 Å². The fraction of sp³-hybridized carbons (Fsp3) is 0.500. The van der Waals surface area contributed by atoms with Gasteiger partial charge in [0.05, 0.1) is 11.5 Å². The number of amides is 1. The Morgan fingerprint density at radius 3 is 2.47 bits per heavy atom. The van der Waals surface area contributed by atoms with Gasteiger partial charge < -0.3 is 4.90 Å². The van der Waals surface area contributed by atoms with Crippen LogP contribution in [0.3, 0.4) is 0 Å². The molecule has 0 radical (unpaired) electrons. The Hall–Kier alpha value is -1.36. The van der Waals surface area contributed by atoms with Crippen LogP contribution in [0.4, 0.5) is 0 Å². The molecule has 0 spiro atoms. The molecule has 1 saturated heterocycles. The van der Waals surface area contributed by atoms with E-state index >= 15 is 0 Å². The van der Waals surface area contributed by atoms with Crippen molar-refractivity contribution in [3.05, 3.63) is 34.9 Å². The lowest BCUT2D eigenvalue weighted by molar-refractivity contribution is 0.0747. The molecule has 1 heterocycles. The molecule has 1 amide bonds. The van der Waals surface area contributed by atoms with Gasteiger partial charge in [-0.1, -0.05) is 6.07 Å². The predicted octanol–water partition coefficient (Wildman–Crippen LogP) is 1.56. The molecular formula is C14H19NO3S. The third-order valence-electron chi connectivity index (χ3n) is 3.83. The number of benzene rings is 1. The molecule has 0 bridgehead atoms. The Kier molecular flexibility index (Phi) is 3.67. The van der Waals surface area contributed by atoms with Gasteiger partial charge in [-0.2, -0.15) is 0 Å². The fourth-order valence-electron chi connectivity index (χ4n) is 2.32. The van der Waals surface area contributed by atoms with Crippen molar-refractivity contribution >= 4 is 15.7 Å². The molecule has 0 aromatic heterocycles. The van der Waals surface area contributed by atoms with Crippen molar-refractivity contribution in [2.75, 3.05) is 18.6 Å². The molecule has 2 rings (SSSR count). The maximum Gasteiger partial charge on any atom is 0.253 e. The largest absolute Gasteiger partial charge is 0.338 e. The second-order valence-electron chi connectivity index (χ2n) is 5.27. The Balaban J connectivity index is 2.17. The third-order valence-corrected chi connectivity index (χ3v) is 5.58. The van der Waals surface area contributed by atoms with Gasteiger partial charge in [0.25, 0.3) is 5.91 Å². The first kappa shape index (κ1) is 14.1. The number of hydrogen-bond acceptors (Lipinski definition) is 3. The first-order valence-corrected chi connectivity index (χ1v) is 8.17. The van der Waals surface area contributed by atoms with Gasteiger partial charge in [-0.15, -0.1) is 0 Å². The number of carbonyl (C=O) groups excluding carboxylic acids is 1. The number of hydrogen-bond donors (Lipinski definition) is 0. The van der Waals surface area contributed by atoms with E-state index in [2.05, 4.69) is 0 Å². The molecule has 0 saturated carbocycles. The lowest BCUT2D eigenvalue weighted by Crippen LogP contribution is -2.37. The van der Waals surface area contributed by atoms with E-state index in [1.165, 1.54) is 0 Å². The number of sulfone groups is 1. The zero-order chi connectivity index (χ0) is 14.2. The maximum absolute atomic E-state index is 12.3. The fourth-order valence-corrected chi connectivity index (χ4v) is 4.10. The van der Waals surface area contributed by atoms with E-state index < -0.39 is 9.84 Å². The molecule has 104 valence electrons. The van der Waals surface area contributed by atoms with Gasteiger partial charge in [0, 0.05) is 18.7 Å². The first-order valence-electron chi connectivity index (χ1n) is 6.35. The van der Waals surface area contributed by atoms with Crippen LogP contribution in [-0.2, 0) is 9.84 Å². The average molecular weight is 281 g/mol. The summed E-state index contributed by atoms with van der Waals surface area (Å²) in [6, 6.07) is 5.38. The number of carbonyl (C=O) groups is 1. The second kappa shape index (κ2) is 4.96. The third kappa shape index (κ3) is 2.97. The van der Waals surface area contributed by atoms with Gasteiger partial charge in [-0.3, -0.25) is 4.79 Å². The molecule has 0 N–H and O–H groups in total. The minimum atomic E-state index is -2.96. The minimum absolute atomic E-state index is 0.0834. The first-order chi connectivity index (χ1) is 8.80. The molecule has 1 aromatic carbocycles. The molecule has 1 aliphatic heterocycles. The highest BCUT2D eigenvalue weighted by molar-refractivity contribution is 7.91. The Morgan fingerprint density at radius 1 is 1.26 bits per heavy atom. The van der Waals surface area contributed by atoms with E-state index in [1.807, 2.05) is 26.0 Å². The van der Waals surface area contributed by atoms with Crippen molar-refractivity contribution in [2.45, 2.75) is 26.3 Å². The lowest BCUT2D eigenvalue weighted by atomic mass is 10.1. The van der Waals surface area contributed by atoms with Crippen LogP contribution in [0.1, 0.15) is 27.9 Å². The quantitative estimate of drug-likeness (QED) is 0.826. The van der Waals surface area contributed by atoms with Gasteiger partial charge in [-0.05, 0) is 43.5 Å².